The summed E-state index contributed by atoms with van der Waals surface area (Å²) in [6.45, 7) is 6.57. The lowest BCUT2D eigenvalue weighted by Gasteiger charge is -2.27. The number of rotatable bonds is 5. The van der Waals surface area contributed by atoms with Gasteiger partial charge in [0.2, 0.25) is 0 Å². The van der Waals surface area contributed by atoms with E-state index in [2.05, 4.69) is 25.9 Å². The molecule has 0 bridgehead atoms. The van der Waals surface area contributed by atoms with Gasteiger partial charge in [0.25, 0.3) is 0 Å². The number of aromatic hydroxyl groups is 1. The van der Waals surface area contributed by atoms with E-state index in [1.807, 2.05) is 33.0 Å². The highest BCUT2D eigenvalue weighted by molar-refractivity contribution is 6.01. The maximum absolute atomic E-state index is 16.5. The van der Waals surface area contributed by atoms with Crippen molar-refractivity contribution >= 4 is 27.5 Å². The average Bonchev–Trinajstić information content (AvgIpc) is 3.43. The van der Waals surface area contributed by atoms with Gasteiger partial charge < -0.3 is 10.0 Å². The van der Waals surface area contributed by atoms with Crippen molar-refractivity contribution in [1.82, 2.24) is 19.9 Å². The van der Waals surface area contributed by atoms with E-state index in [0.717, 1.165) is 24.9 Å². The fourth-order valence-electron chi connectivity index (χ4n) is 5.70. The van der Waals surface area contributed by atoms with Gasteiger partial charge in [0.1, 0.15) is 34.4 Å². The van der Waals surface area contributed by atoms with Crippen molar-refractivity contribution in [2.24, 2.45) is 0 Å². The molecule has 1 unspecified atom stereocenters. The number of phenols is 1. The molecule has 3 aromatic heterocycles. The zero-order valence-electron chi connectivity index (χ0n) is 22.1. The largest absolute Gasteiger partial charge is 0.508 e. The summed E-state index contributed by atoms with van der Waals surface area (Å²) >= 11 is 0. The van der Waals surface area contributed by atoms with Gasteiger partial charge in [0.15, 0.2) is 5.82 Å². The summed E-state index contributed by atoms with van der Waals surface area (Å²) in [7, 11) is 0. The Bertz CT molecular complexity index is 1710. The van der Waals surface area contributed by atoms with Crippen molar-refractivity contribution in [3.63, 3.8) is 0 Å². The average molecular weight is 526 g/mol. The molecule has 0 saturated carbocycles. The molecule has 1 aliphatic rings. The van der Waals surface area contributed by atoms with E-state index in [4.69, 9.17) is 4.98 Å². The second-order valence-corrected chi connectivity index (χ2v) is 10.4. The van der Waals surface area contributed by atoms with Crippen molar-refractivity contribution < 1.29 is 13.9 Å². The van der Waals surface area contributed by atoms with Crippen molar-refractivity contribution in [3.8, 4) is 17.0 Å². The van der Waals surface area contributed by atoms with Gasteiger partial charge in [-0.3, -0.25) is 9.97 Å². The minimum Gasteiger partial charge on any atom is -0.508 e. The van der Waals surface area contributed by atoms with Crippen molar-refractivity contribution in [1.29, 1.82) is 0 Å². The van der Waals surface area contributed by atoms with Gasteiger partial charge in [-0.05, 0) is 65.4 Å². The first-order valence-corrected chi connectivity index (χ1v) is 13.3. The summed E-state index contributed by atoms with van der Waals surface area (Å²) in [6, 6.07) is 10.0. The molecule has 39 heavy (non-hydrogen) atoms. The number of anilines is 1. The van der Waals surface area contributed by atoms with Gasteiger partial charge in [-0.15, -0.1) is 0 Å². The zero-order chi connectivity index (χ0) is 27.3. The van der Waals surface area contributed by atoms with Crippen LogP contribution < -0.4 is 4.90 Å². The Morgan fingerprint density at radius 2 is 1.95 bits per heavy atom. The third kappa shape index (κ3) is 4.24. The molecule has 6 nitrogen and oxygen atoms in total. The molecule has 5 aromatic rings. The number of aromatic nitrogens is 4. The molecule has 4 heterocycles. The summed E-state index contributed by atoms with van der Waals surface area (Å²) in [5, 5.41) is 12.1. The van der Waals surface area contributed by atoms with Crippen molar-refractivity contribution in [2.75, 3.05) is 11.4 Å². The second-order valence-electron chi connectivity index (χ2n) is 10.4. The molecule has 1 N–H and O–H groups in total. The quantitative estimate of drug-likeness (QED) is 0.260. The van der Waals surface area contributed by atoms with Crippen LogP contribution in [0.3, 0.4) is 0 Å². The molecule has 198 valence electrons. The molecule has 0 spiro atoms. The molecule has 2 aromatic carbocycles. The third-order valence-electron chi connectivity index (χ3n) is 7.55. The molecule has 0 aliphatic carbocycles. The lowest BCUT2D eigenvalue weighted by atomic mass is 9.94. The Labute approximate surface area is 225 Å². The molecule has 8 heteroatoms. The van der Waals surface area contributed by atoms with E-state index >= 15 is 4.39 Å². The Morgan fingerprint density at radius 3 is 2.69 bits per heavy atom. The van der Waals surface area contributed by atoms with Gasteiger partial charge >= 0.3 is 0 Å². The van der Waals surface area contributed by atoms with E-state index in [0.29, 0.717) is 45.3 Å². The van der Waals surface area contributed by atoms with Crippen LogP contribution >= 0.6 is 0 Å². The van der Waals surface area contributed by atoms with Crippen LogP contribution in [0.25, 0.3) is 32.9 Å². The van der Waals surface area contributed by atoms with E-state index in [9.17, 15) is 9.50 Å². The van der Waals surface area contributed by atoms with Crippen molar-refractivity contribution in [2.45, 2.75) is 52.0 Å². The topological polar surface area (TPSA) is 75.0 Å². The summed E-state index contributed by atoms with van der Waals surface area (Å²) in [5.74, 6) is 0.107. The second kappa shape index (κ2) is 9.84. The van der Waals surface area contributed by atoms with Gasteiger partial charge in [0, 0.05) is 36.6 Å². The van der Waals surface area contributed by atoms with Gasteiger partial charge in [-0.25, -0.2) is 18.7 Å². The SMILES string of the molecule is CCc1c(F)ccc2cc(O)cc(-c3ncc4c(N5CCCC5c5cccnc5)nc(C(C)C)nc4c3F)c12. The number of benzene rings is 2. The van der Waals surface area contributed by atoms with Crippen LogP contribution in [-0.2, 0) is 6.42 Å². The van der Waals surface area contributed by atoms with Crippen LogP contribution in [-0.4, -0.2) is 31.6 Å². The van der Waals surface area contributed by atoms with Crippen LogP contribution in [0.5, 0.6) is 5.75 Å². The first-order chi connectivity index (χ1) is 18.9. The normalized spacial score (nSPS) is 15.6. The minimum absolute atomic E-state index is 0.0216. The molecule has 1 fully saturated rings. The van der Waals surface area contributed by atoms with Crippen LogP contribution in [0.4, 0.5) is 14.6 Å². The molecule has 1 atom stereocenters. The van der Waals surface area contributed by atoms with E-state index in [1.54, 1.807) is 24.5 Å². The number of hydrogen-bond donors (Lipinski definition) is 1. The maximum Gasteiger partial charge on any atom is 0.175 e. The number of pyridine rings is 2. The fourth-order valence-corrected chi connectivity index (χ4v) is 5.70. The van der Waals surface area contributed by atoms with Crippen LogP contribution in [0.2, 0.25) is 0 Å². The third-order valence-corrected chi connectivity index (χ3v) is 7.55. The highest BCUT2D eigenvalue weighted by Crippen LogP contribution is 2.41. The molecular formula is C31H29F2N5O. The van der Waals surface area contributed by atoms with Gasteiger partial charge in [-0.1, -0.05) is 32.9 Å². The first kappa shape index (κ1) is 25.1. The van der Waals surface area contributed by atoms with E-state index in [-0.39, 0.29) is 34.7 Å². The van der Waals surface area contributed by atoms with Crippen LogP contribution in [0.1, 0.15) is 62.5 Å². The lowest BCUT2D eigenvalue weighted by molar-refractivity contribution is 0.476. The molecule has 1 aliphatic heterocycles. The minimum atomic E-state index is -0.617. The standard InChI is InChI=1S/C31H29F2N5O/c1-4-21-24(32)10-9-18-13-20(39)14-22(26(18)21)28-27(33)29-23(16-35-28)31(37-30(36-29)17(2)3)38-12-6-8-25(38)19-7-5-11-34-15-19/h5,7,9-11,13-17,25,39H,4,6,8,12H2,1-3H3. The number of fused-ring (bicyclic) bond motifs is 2. The highest BCUT2D eigenvalue weighted by atomic mass is 19.1. The Balaban J connectivity index is 1.60. The Kier molecular flexibility index (Phi) is 6.33. The van der Waals surface area contributed by atoms with E-state index in [1.165, 1.54) is 12.1 Å². The lowest BCUT2D eigenvalue weighted by Crippen LogP contribution is -2.25. The summed E-state index contributed by atoms with van der Waals surface area (Å²) in [6.07, 6.45) is 7.53. The maximum atomic E-state index is 16.5. The number of hydrogen-bond acceptors (Lipinski definition) is 6. The number of halogens is 2. The van der Waals surface area contributed by atoms with Crippen LogP contribution in [0, 0.1) is 11.6 Å². The smallest absolute Gasteiger partial charge is 0.175 e. The summed E-state index contributed by atoms with van der Waals surface area (Å²) in [4.78, 5) is 20.6. The van der Waals surface area contributed by atoms with Gasteiger partial charge in [-0.2, -0.15) is 0 Å². The molecule has 6 rings (SSSR count). The monoisotopic (exact) mass is 525 g/mol. The van der Waals surface area contributed by atoms with Gasteiger partial charge in [0.05, 0.1) is 11.4 Å². The van der Waals surface area contributed by atoms with Crippen LogP contribution in [0.15, 0.2) is 55.0 Å². The molecule has 0 amide bonds. The predicted octanol–water partition coefficient (Wildman–Crippen LogP) is 7.25. The fraction of sp³-hybridized carbons (Fsp3) is 0.290. The molecule has 1 saturated heterocycles. The summed E-state index contributed by atoms with van der Waals surface area (Å²) < 4.78 is 31.3. The first-order valence-electron chi connectivity index (χ1n) is 13.3. The molecular weight excluding hydrogens is 496 g/mol. The highest BCUT2D eigenvalue weighted by Gasteiger charge is 2.31. The molecule has 0 radical (unpaired) electrons. The Hall–Kier alpha value is -4.20. The number of aryl methyl sites for hydroxylation is 1. The number of phenolic OH excluding ortho intramolecular Hbond substituents is 1. The van der Waals surface area contributed by atoms with Crippen molar-refractivity contribution in [3.05, 3.63) is 83.6 Å². The number of nitrogens with zero attached hydrogens (tertiary/aromatic N) is 5. The Morgan fingerprint density at radius 1 is 1.10 bits per heavy atom. The predicted molar refractivity (Wildman–Crippen MR) is 149 cm³/mol. The van der Waals surface area contributed by atoms with E-state index < -0.39 is 5.82 Å². The zero-order valence-corrected chi connectivity index (χ0v) is 22.1. The summed E-state index contributed by atoms with van der Waals surface area (Å²) in [5.41, 5.74) is 2.05.